The zero-order chi connectivity index (χ0) is 14.2. The van der Waals surface area contributed by atoms with Crippen molar-refractivity contribution in [3.63, 3.8) is 0 Å². The van der Waals surface area contributed by atoms with Gasteiger partial charge in [-0.3, -0.25) is 4.99 Å². The summed E-state index contributed by atoms with van der Waals surface area (Å²) in [7, 11) is 1.81. The molecule has 2 N–H and O–H groups in total. The van der Waals surface area contributed by atoms with E-state index in [4.69, 9.17) is 10.5 Å². The van der Waals surface area contributed by atoms with Gasteiger partial charge in [-0.15, -0.1) is 0 Å². The van der Waals surface area contributed by atoms with Gasteiger partial charge in [-0.1, -0.05) is 17.7 Å². The fourth-order valence-corrected chi connectivity index (χ4v) is 3.46. The summed E-state index contributed by atoms with van der Waals surface area (Å²) in [5, 5.41) is 0. The van der Waals surface area contributed by atoms with Gasteiger partial charge in [0, 0.05) is 12.8 Å². The van der Waals surface area contributed by atoms with E-state index in [1.54, 1.807) is 7.11 Å². The van der Waals surface area contributed by atoms with E-state index in [1.165, 1.54) is 5.56 Å². The summed E-state index contributed by atoms with van der Waals surface area (Å²) in [6.07, 6.45) is 4.73. The average molecular weight is 273 g/mol. The highest BCUT2D eigenvalue weighted by Gasteiger charge is 2.45. The molecule has 0 saturated heterocycles. The number of guanidine groups is 1. The number of aliphatic imine (C=N–C) groups is 1. The molecule has 1 aromatic carbocycles. The Morgan fingerprint density at radius 1 is 1.25 bits per heavy atom. The van der Waals surface area contributed by atoms with Crippen LogP contribution in [0.1, 0.15) is 31.2 Å². The first-order valence-corrected chi connectivity index (χ1v) is 7.34. The van der Waals surface area contributed by atoms with Crippen LogP contribution in [-0.4, -0.2) is 31.3 Å². The van der Waals surface area contributed by atoms with Crippen LogP contribution in [0, 0.1) is 6.92 Å². The molecular weight excluding hydrogens is 250 g/mol. The van der Waals surface area contributed by atoms with Gasteiger partial charge in [0.1, 0.15) is 0 Å². The molecule has 108 valence electrons. The van der Waals surface area contributed by atoms with E-state index >= 15 is 0 Å². The maximum atomic E-state index is 6.17. The molecule has 1 spiro atoms. The van der Waals surface area contributed by atoms with Gasteiger partial charge in [-0.25, -0.2) is 0 Å². The van der Waals surface area contributed by atoms with Crippen molar-refractivity contribution in [1.82, 2.24) is 0 Å². The number of benzene rings is 1. The van der Waals surface area contributed by atoms with Crippen molar-refractivity contribution >= 4 is 11.6 Å². The van der Waals surface area contributed by atoms with E-state index in [2.05, 4.69) is 41.1 Å². The molecule has 1 fully saturated rings. The van der Waals surface area contributed by atoms with Gasteiger partial charge in [0.15, 0.2) is 5.96 Å². The first kappa shape index (κ1) is 13.4. The molecule has 1 aromatic rings. The minimum absolute atomic E-state index is 0.0639. The van der Waals surface area contributed by atoms with Crippen molar-refractivity contribution in [2.24, 2.45) is 10.7 Å². The maximum absolute atomic E-state index is 6.17. The van der Waals surface area contributed by atoms with Gasteiger partial charge in [0.05, 0.1) is 18.2 Å². The second kappa shape index (κ2) is 5.09. The molecule has 1 aliphatic carbocycles. The smallest absolute Gasteiger partial charge is 0.196 e. The quantitative estimate of drug-likeness (QED) is 0.900. The number of hydrogen-bond acceptors (Lipinski definition) is 4. The van der Waals surface area contributed by atoms with E-state index in [0.717, 1.165) is 37.9 Å². The zero-order valence-electron chi connectivity index (χ0n) is 12.3. The molecule has 1 aliphatic heterocycles. The van der Waals surface area contributed by atoms with Gasteiger partial charge < -0.3 is 15.4 Å². The SMILES string of the molecule is COC1CCC2(CC1)CN=C(N)N2c1ccc(C)cc1. The Bertz CT molecular complexity index is 501. The van der Waals surface area contributed by atoms with Crippen LogP contribution in [-0.2, 0) is 4.74 Å². The lowest BCUT2D eigenvalue weighted by Crippen LogP contribution is -2.54. The van der Waals surface area contributed by atoms with Gasteiger partial charge >= 0.3 is 0 Å². The summed E-state index contributed by atoms with van der Waals surface area (Å²) < 4.78 is 5.49. The topological polar surface area (TPSA) is 50.9 Å². The molecule has 0 aromatic heterocycles. The molecule has 3 rings (SSSR count). The molecule has 0 unspecified atom stereocenters. The molecule has 4 heteroatoms. The van der Waals surface area contributed by atoms with E-state index in [1.807, 2.05) is 0 Å². The Labute approximate surface area is 120 Å². The van der Waals surface area contributed by atoms with Crippen molar-refractivity contribution in [3.05, 3.63) is 29.8 Å². The van der Waals surface area contributed by atoms with E-state index in [9.17, 15) is 0 Å². The van der Waals surface area contributed by atoms with Crippen LogP contribution in [0.4, 0.5) is 5.69 Å². The van der Waals surface area contributed by atoms with Crippen molar-refractivity contribution < 1.29 is 4.74 Å². The number of aryl methyl sites for hydroxylation is 1. The normalized spacial score (nSPS) is 29.8. The molecule has 1 heterocycles. The van der Waals surface area contributed by atoms with Gasteiger partial charge in [-0.05, 0) is 44.7 Å². The Hall–Kier alpha value is -1.55. The summed E-state index contributed by atoms with van der Waals surface area (Å²) in [5.41, 5.74) is 8.65. The number of nitrogens with zero attached hydrogens (tertiary/aromatic N) is 2. The summed E-state index contributed by atoms with van der Waals surface area (Å²) in [6.45, 7) is 2.91. The number of rotatable bonds is 2. The predicted octanol–water partition coefficient (Wildman–Crippen LogP) is 2.46. The second-order valence-corrected chi connectivity index (χ2v) is 6.00. The highest BCUT2D eigenvalue weighted by Crippen LogP contribution is 2.40. The summed E-state index contributed by atoms with van der Waals surface area (Å²) in [6, 6.07) is 8.56. The van der Waals surface area contributed by atoms with Crippen molar-refractivity contribution in [2.45, 2.75) is 44.2 Å². The fraction of sp³-hybridized carbons (Fsp3) is 0.562. The first-order valence-electron chi connectivity index (χ1n) is 7.34. The molecule has 0 atom stereocenters. The van der Waals surface area contributed by atoms with Gasteiger partial charge in [-0.2, -0.15) is 0 Å². The van der Waals surface area contributed by atoms with Crippen LogP contribution in [0.3, 0.4) is 0 Å². The number of nitrogens with two attached hydrogens (primary N) is 1. The Balaban J connectivity index is 1.87. The lowest BCUT2D eigenvalue weighted by Gasteiger charge is -2.43. The average Bonchev–Trinajstić information content (AvgIpc) is 2.78. The minimum atomic E-state index is 0.0639. The molecule has 0 radical (unpaired) electrons. The Morgan fingerprint density at radius 3 is 2.50 bits per heavy atom. The highest BCUT2D eigenvalue weighted by molar-refractivity contribution is 5.98. The van der Waals surface area contributed by atoms with Crippen molar-refractivity contribution in [3.8, 4) is 0 Å². The molecule has 2 aliphatic rings. The van der Waals surface area contributed by atoms with E-state index in [-0.39, 0.29) is 5.54 Å². The molecule has 0 amide bonds. The lowest BCUT2D eigenvalue weighted by molar-refractivity contribution is 0.0532. The third kappa shape index (κ3) is 2.18. The monoisotopic (exact) mass is 273 g/mol. The summed E-state index contributed by atoms with van der Waals surface area (Å²) >= 11 is 0. The number of methoxy groups -OCH3 is 1. The Morgan fingerprint density at radius 2 is 1.90 bits per heavy atom. The largest absolute Gasteiger partial charge is 0.381 e. The molecule has 4 nitrogen and oxygen atoms in total. The highest BCUT2D eigenvalue weighted by atomic mass is 16.5. The van der Waals surface area contributed by atoms with Gasteiger partial charge in [0.2, 0.25) is 0 Å². The fourth-order valence-electron chi connectivity index (χ4n) is 3.46. The van der Waals surface area contributed by atoms with Crippen molar-refractivity contribution in [2.75, 3.05) is 18.6 Å². The number of hydrogen-bond donors (Lipinski definition) is 1. The van der Waals surface area contributed by atoms with Crippen LogP contribution < -0.4 is 10.6 Å². The molecular formula is C16H23N3O. The third-order valence-corrected chi connectivity index (χ3v) is 4.73. The van der Waals surface area contributed by atoms with Crippen LogP contribution in [0.15, 0.2) is 29.3 Å². The lowest BCUT2D eigenvalue weighted by atomic mass is 9.79. The first-order chi connectivity index (χ1) is 9.64. The zero-order valence-corrected chi connectivity index (χ0v) is 12.3. The van der Waals surface area contributed by atoms with E-state index in [0.29, 0.717) is 12.1 Å². The minimum Gasteiger partial charge on any atom is -0.381 e. The standard InChI is InChI=1S/C16H23N3O/c1-12-3-5-13(6-4-12)19-15(17)18-11-16(19)9-7-14(20-2)8-10-16/h3-6,14H,7-11H2,1-2H3,(H2,17,18). The molecule has 0 bridgehead atoms. The third-order valence-electron chi connectivity index (χ3n) is 4.73. The van der Waals surface area contributed by atoms with Crippen LogP contribution in [0.5, 0.6) is 0 Å². The van der Waals surface area contributed by atoms with Crippen LogP contribution >= 0.6 is 0 Å². The Kier molecular flexibility index (Phi) is 3.42. The summed E-state index contributed by atoms with van der Waals surface area (Å²) in [4.78, 5) is 6.77. The molecule has 20 heavy (non-hydrogen) atoms. The van der Waals surface area contributed by atoms with E-state index < -0.39 is 0 Å². The molecule has 1 saturated carbocycles. The second-order valence-electron chi connectivity index (χ2n) is 6.00. The van der Waals surface area contributed by atoms with Gasteiger partial charge in [0.25, 0.3) is 0 Å². The maximum Gasteiger partial charge on any atom is 0.196 e. The van der Waals surface area contributed by atoms with Crippen LogP contribution in [0.2, 0.25) is 0 Å². The number of ether oxygens (including phenoxy) is 1. The summed E-state index contributed by atoms with van der Waals surface area (Å²) in [5.74, 6) is 0.657. The van der Waals surface area contributed by atoms with Crippen LogP contribution in [0.25, 0.3) is 0 Å². The predicted molar refractivity (Wildman–Crippen MR) is 82.1 cm³/mol. The number of anilines is 1. The van der Waals surface area contributed by atoms with Crippen molar-refractivity contribution in [1.29, 1.82) is 0 Å².